The van der Waals surface area contributed by atoms with Gasteiger partial charge in [0.25, 0.3) is 0 Å². The molecule has 3 nitrogen and oxygen atoms in total. The summed E-state index contributed by atoms with van der Waals surface area (Å²) in [6, 6.07) is 27.3. The second-order valence-electron chi connectivity index (χ2n) is 8.72. The monoisotopic (exact) mass is 458 g/mol. The van der Waals surface area contributed by atoms with E-state index in [1.807, 2.05) is 12.1 Å². The van der Waals surface area contributed by atoms with Crippen LogP contribution >= 0.6 is 11.6 Å². The molecule has 2 aliphatic heterocycles. The number of hydrogen-bond acceptors (Lipinski definition) is 2. The molecule has 1 saturated heterocycles. The highest BCUT2D eigenvalue weighted by molar-refractivity contribution is 6.35. The SMILES string of the molecule is Cc1ccc(C2=C(Cl)/C(=C\C[NH+]3CCOCC3)[C@@H](c3ccccc3)c3ccccc3O2)cc1. The molecule has 1 atom stereocenters. The van der Waals surface area contributed by atoms with Crippen LogP contribution in [0.25, 0.3) is 5.76 Å². The van der Waals surface area contributed by atoms with Crippen molar-refractivity contribution in [1.29, 1.82) is 0 Å². The molecule has 0 spiro atoms. The van der Waals surface area contributed by atoms with Crippen LogP contribution < -0.4 is 9.64 Å². The average Bonchev–Trinajstić information content (AvgIpc) is 2.99. The Morgan fingerprint density at radius 1 is 0.909 bits per heavy atom. The molecule has 0 unspecified atom stereocenters. The summed E-state index contributed by atoms with van der Waals surface area (Å²) in [5.74, 6) is 1.56. The normalized spacial score (nSPS) is 20.3. The van der Waals surface area contributed by atoms with Crippen molar-refractivity contribution >= 4 is 17.4 Å². The van der Waals surface area contributed by atoms with Gasteiger partial charge in [-0.1, -0.05) is 90.0 Å². The first kappa shape index (κ1) is 22.0. The molecule has 2 heterocycles. The highest BCUT2D eigenvalue weighted by atomic mass is 35.5. The second-order valence-corrected chi connectivity index (χ2v) is 9.10. The number of hydrogen-bond donors (Lipinski definition) is 1. The van der Waals surface area contributed by atoms with Crippen molar-refractivity contribution in [1.82, 2.24) is 0 Å². The van der Waals surface area contributed by atoms with Gasteiger partial charge in [0.05, 0.1) is 24.8 Å². The third-order valence-corrected chi connectivity index (χ3v) is 6.85. The molecule has 0 amide bonds. The van der Waals surface area contributed by atoms with Crippen molar-refractivity contribution in [3.05, 3.63) is 118 Å². The van der Waals surface area contributed by atoms with E-state index in [9.17, 15) is 0 Å². The molecule has 4 heteroatoms. The minimum Gasteiger partial charge on any atom is -0.455 e. The number of morpholine rings is 1. The molecular weight excluding hydrogens is 430 g/mol. The summed E-state index contributed by atoms with van der Waals surface area (Å²) in [6.07, 6.45) is 2.32. The molecule has 0 bridgehead atoms. The number of aryl methyl sites for hydroxylation is 1. The van der Waals surface area contributed by atoms with Crippen molar-refractivity contribution in [2.24, 2.45) is 0 Å². The first-order chi connectivity index (χ1) is 16.2. The van der Waals surface area contributed by atoms with Crippen LogP contribution in [0.5, 0.6) is 5.75 Å². The van der Waals surface area contributed by atoms with Gasteiger partial charge in [-0.25, -0.2) is 0 Å². The van der Waals surface area contributed by atoms with E-state index in [1.54, 1.807) is 0 Å². The maximum atomic E-state index is 7.23. The molecule has 0 radical (unpaired) electrons. The van der Waals surface area contributed by atoms with E-state index in [1.165, 1.54) is 16.0 Å². The number of halogens is 1. The van der Waals surface area contributed by atoms with Crippen LogP contribution in [0, 0.1) is 6.92 Å². The van der Waals surface area contributed by atoms with Crippen LogP contribution in [-0.4, -0.2) is 32.8 Å². The summed E-state index contributed by atoms with van der Waals surface area (Å²) in [7, 11) is 0. The number of ether oxygens (including phenoxy) is 2. The van der Waals surface area contributed by atoms with E-state index in [0.29, 0.717) is 10.8 Å². The minimum absolute atomic E-state index is 0.00158. The topological polar surface area (TPSA) is 22.9 Å². The Bertz CT molecular complexity index is 1160. The summed E-state index contributed by atoms with van der Waals surface area (Å²) in [6.45, 7) is 6.64. The summed E-state index contributed by atoms with van der Waals surface area (Å²) < 4.78 is 12.1. The third kappa shape index (κ3) is 4.77. The molecule has 1 N–H and O–H groups in total. The van der Waals surface area contributed by atoms with E-state index >= 15 is 0 Å². The molecule has 168 valence electrons. The molecule has 2 aliphatic rings. The number of para-hydroxylation sites is 1. The fraction of sp³-hybridized carbons (Fsp3) is 0.241. The Hall–Kier alpha value is -2.85. The predicted molar refractivity (Wildman–Crippen MR) is 134 cm³/mol. The molecule has 0 saturated carbocycles. The minimum atomic E-state index is -0.00158. The summed E-state index contributed by atoms with van der Waals surface area (Å²) in [4.78, 5) is 1.51. The van der Waals surface area contributed by atoms with E-state index in [0.717, 1.165) is 55.3 Å². The van der Waals surface area contributed by atoms with Gasteiger partial charge in [-0.3, -0.25) is 0 Å². The van der Waals surface area contributed by atoms with Crippen molar-refractivity contribution in [2.45, 2.75) is 12.8 Å². The predicted octanol–water partition coefficient (Wildman–Crippen LogP) is 4.97. The van der Waals surface area contributed by atoms with Crippen LogP contribution in [0.1, 0.15) is 28.2 Å². The van der Waals surface area contributed by atoms with E-state index in [2.05, 4.69) is 79.7 Å². The number of rotatable bonds is 4. The Morgan fingerprint density at radius 2 is 1.61 bits per heavy atom. The maximum absolute atomic E-state index is 7.23. The molecule has 3 aromatic rings. The lowest BCUT2D eigenvalue weighted by Gasteiger charge is -2.24. The van der Waals surface area contributed by atoms with E-state index in [4.69, 9.17) is 21.1 Å². The summed E-state index contributed by atoms with van der Waals surface area (Å²) >= 11 is 7.23. The standard InChI is InChI=1S/C29H28ClNO2/c1-21-11-13-23(14-12-21)29-28(30)25(15-16-31-17-19-32-20-18-31)27(22-7-3-2-4-8-22)24-9-5-6-10-26(24)33-29/h2-15,27H,16-20H2,1H3/p+1/b25-15-/t27-/m0/s1. The summed E-state index contributed by atoms with van der Waals surface area (Å²) in [5, 5.41) is 0.677. The zero-order valence-electron chi connectivity index (χ0n) is 18.9. The zero-order chi connectivity index (χ0) is 22.6. The van der Waals surface area contributed by atoms with Gasteiger partial charge in [0, 0.05) is 17.0 Å². The molecule has 0 aliphatic carbocycles. The second kappa shape index (κ2) is 9.96. The first-order valence-corrected chi connectivity index (χ1v) is 12.0. The zero-order valence-corrected chi connectivity index (χ0v) is 19.6. The van der Waals surface area contributed by atoms with Crippen LogP contribution in [-0.2, 0) is 4.74 Å². The van der Waals surface area contributed by atoms with E-state index < -0.39 is 0 Å². The molecule has 1 fully saturated rings. The number of allylic oxidation sites excluding steroid dienone is 2. The number of fused-ring (bicyclic) bond motifs is 1. The van der Waals surface area contributed by atoms with Gasteiger partial charge in [-0.15, -0.1) is 0 Å². The molecule has 0 aromatic heterocycles. The molecule has 33 heavy (non-hydrogen) atoms. The fourth-order valence-corrected chi connectivity index (χ4v) is 4.95. The largest absolute Gasteiger partial charge is 0.455 e. The Balaban J connectivity index is 1.68. The van der Waals surface area contributed by atoms with Crippen LogP contribution in [0.2, 0.25) is 0 Å². The lowest BCUT2D eigenvalue weighted by atomic mass is 9.84. The van der Waals surface area contributed by atoms with Gasteiger partial charge in [0.2, 0.25) is 0 Å². The van der Waals surface area contributed by atoms with Crippen LogP contribution in [0.4, 0.5) is 0 Å². The number of nitrogens with one attached hydrogen (secondary N) is 1. The highest BCUT2D eigenvalue weighted by Crippen LogP contribution is 2.47. The quantitative estimate of drug-likeness (QED) is 0.596. The Morgan fingerprint density at radius 3 is 2.36 bits per heavy atom. The molecule has 3 aromatic carbocycles. The lowest BCUT2D eigenvalue weighted by molar-refractivity contribution is -0.902. The van der Waals surface area contributed by atoms with Gasteiger partial charge in [0.1, 0.15) is 18.8 Å². The van der Waals surface area contributed by atoms with Crippen molar-refractivity contribution < 1.29 is 14.4 Å². The first-order valence-electron chi connectivity index (χ1n) is 11.6. The number of benzene rings is 3. The van der Waals surface area contributed by atoms with E-state index in [-0.39, 0.29) is 5.92 Å². The van der Waals surface area contributed by atoms with Crippen LogP contribution in [0.3, 0.4) is 0 Å². The Kier molecular flexibility index (Phi) is 6.63. The molecular formula is C29H29ClNO2+. The Labute approximate surface area is 200 Å². The van der Waals surface area contributed by atoms with Gasteiger partial charge >= 0.3 is 0 Å². The lowest BCUT2D eigenvalue weighted by Crippen LogP contribution is -3.13. The smallest absolute Gasteiger partial charge is 0.153 e. The van der Waals surface area contributed by atoms with Crippen molar-refractivity contribution in [3.63, 3.8) is 0 Å². The number of quaternary nitrogens is 1. The third-order valence-electron chi connectivity index (χ3n) is 6.46. The summed E-state index contributed by atoms with van der Waals surface area (Å²) in [5.41, 5.74) is 5.63. The maximum Gasteiger partial charge on any atom is 0.153 e. The van der Waals surface area contributed by atoms with Gasteiger partial charge in [-0.2, -0.15) is 0 Å². The van der Waals surface area contributed by atoms with Crippen LogP contribution in [0.15, 0.2) is 95.5 Å². The fourth-order valence-electron chi connectivity index (χ4n) is 4.61. The van der Waals surface area contributed by atoms with Gasteiger partial charge < -0.3 is 14.4 Å². The molecule has 5 rings (SSSR count). The van der Waals surface area contributed by atoms with Crippen molar-refractivity contribution in [2.75, 3.05) is 32.8 Å². The van der Waals surface area contributed by atoms with Gasteiger partial charge in [-0.05, 0) is 30.2 Å². The van der Waals surface area contributed by atoms with Crippen molar-refractivity contribution in [3.8, 4) is 5.75 Å². The highest BCUT2D eigenvalue weighted by Gasteiger charge is 2.31. The van der Waals surface area contributed by atoms with Gasteiger partial charge in [0.15, 0.2) is 5.76 Å². The average molecular weight is 459 g/mol.